The average molecular weight is 418 g/mol. The third-order valence-electron chi connectivity index (χ3n) is 4.53. The highest BCUT2D eigenvalue weighted by atomic mass is 19.1. The Kier molecular flexibility index (Phi) is 8.30. The molecule has 0 radical (unpaired) electrons. The minimum Gasteiger partial charge on any atom is -0.496 e. The molecule has 8 nitrogen and oxygen atoms in total. The molecular formula is C21H23FN2O6. The van der Waals surface area contributed by atoms with E-state index in [0.717, 1.165) is 13.1 Å². The number of halogens is 1. The van der Waals surface area contributed by atoms with Crippen molar-refractivity contribution < 1.29 is 33.7 Å². The average Bonchev–Trinajstić information content (AvgIpc) is 2.75. The molecule has 9 heteroatoms. The summed E-state index contributed by atoms with van der Waals surface area (Å²) in [5.41, 5.74) is 1.28. The van der Waals surface area contributed by atoms with Crippen LogP contribution in [0, 0.1) is 5.82 Å². The highest BCUT2D eigenvalue weighted by Crippen LogP contribution is 2.20. The van der Waals surface area contributed by atoms with Gasteiger partial charge in [-0.2, -0.15) is 0 Å². The number of carboxylic acid groups (broad SMARTS) is 2. The van der Waals surface area contributed by atoms with Gasteiger partial charge in [0.2, 0.25) is 0 Å². The molecule has 0 aliphatic carbocycles. The largest absolute Gasteiger partial charge is 0.496 e. The number of hydrogen-bond acceptors (Lipinski definition) is 5. The van der Waals surface area contributed by atoms with E-state index in [-0.39, 0.29) is 11.7 Å². The third-order valence-corrected chi connectivity index (χ3v) is 4.53. The molecule has 30 heavy (non-hydrogen) atoms. The van der Waals surface area contributed by atoms with Crippen LogP contribution in [0.3, 0.4) is 0 Å². The fourth-order valence-electron chi connectivity index (χ4n) is 2.97. The first kappa shape index (κ1) is 22.8. The minimum atomic E-state index is -1.82. The van der Waals surface area contributed by atoms with Crippen LogP contribution in [0.1, 0.15) is 15.9 Å². The van der Waals surface area contributed by atoms with Crippen LogP contribution in [-0.4, -0.2) is 71.1 Å². The molecule has 2 N–H and O–H groups in total. The number of aliphatic carboxylic acids is 2. The highest BCUT2D eigenvalue weighted by Gasteiger charge is 2.24. The van der Waals surface area contributed by atoms with Crippen molar-refractivity contribution in [1.29, 1.82) is 0 Å². The van der Waals surface area contributed by atoms with Gasteiger partial charge in [-0.25, -0.2) is 14.0 Å². The molecule has 0 aromatic heterocycles. The number of amides is 1. The number of para-hydroxylation sites is 1. The summed E-state index contributed by atoms with van der Waals surface area (Å²) in [5.74, 6) is -3.25. The molecule has 2 aromatic carbocycles. The lowest BCUT2D eigenvalue weighted by Gasteiger charge is -2.35. The molecule has 0 atom stereocenters. The van der Waals surface area contributed by atoms with Gasteiger partial charge in [0.1, 0.15) is 11.6 Å². The first-order chi connectivity index (χ1) is 14.3. The van der Waals surface area contributed by atoms with Gasteiger partial charge in [-0.1, -0.05) is 30.3 Å². The lowest BCUT2D eigenvalue weighted by Crippen LogP contribution is -2.48. The number of benzene rings is 2. The van der Waals surface area contributed by atoms with Gasteiger partial charge < -0.3 is 19.8 Å². The molecule has 0 unspecified atom stereocenters. The van der Waals surface area contributed by atoms with Gasteiger partial charge in [0, 0.05) is 38.3 Å². The topological polar surface area (TPSA) is 107 Å². The standard InChI is InChI=1S/C19H21FN2O2.C2H2O4/c1-24-18-9-5-3-7-16(18)19(23)22-12-10-21(11-13-22)14-15-6-2-4-8-17(15)20;3-1(4)2(5)6/h2-9H,10-14H2,1H3;(H,3,4)(H,5,6). The number of nitrogens with zero attached hydrogens (tertiary/aromatic N) is 2. The summed E-state index contributed by atoms with van der Waals surface area (Å²) >= 11 is 0. The van der Waals surface area contributed by atoms with Crippen LogP contribution >= 0.6 is 0 Å². The van der Waals surface area contributed by atoms with Gasteiger partial charge >= 0.3 is 11.9 Å². The predicted octanol–water partition coefficient (Wildman–Crippen LogP) is 1.95. The van der Waals surface area contributed by atoms with Crippen molar-refractivity contribution in [1.82, 2.24) is 9.80 Å². The Morgan fingerprint density at radius 1 is 0.933 bits per heavy atom. The Morgan fingerprint density at radius 2 is 1.50 bits per heavy atom. The van der Waals surface area contributed by atoms with Crippen LogP contribution in [-0.2, 0) is 16.1 Å². The summed E-state index contributed by atoms with van der Waals surface area (Å²) in [4.78, 5) is 34.9. The number of carbonyl (C=O) groups is 3. The molecule has 1 amide bonds. The number of methoxy groups -OCH3 is 1. The molecule has 1 heterocycles. The van der Waals surface area contributed by atoms with Crippen molar-refractivity contribution in [2.45, 2.75) is 6.54 Å². The molecule has 160 valence electrons. The summed E-state index contributed by atoms with van der Waals surface area (Å²) in [6.45, 7) is 3.30. The van der Waals surface area contributed by atoms with Crippen LogP contribution in [0.5, 0.6) is 5.75 Å². The van der Waals surface area contributed by atoms with Crippen LogP contribution in [0.2, 0.25) is 0 Å². The van der Waals surface area contributed by atoms with Crippen molar-refractivity contribution in [3.05, 3.63) is 65.5 Å². The second-order valence-electron chi connectivity index (χ2n) is 6.47. The quantitative estimate of drug-likeness (QED) is 0.731. The summed E-state index contributed by atoms with van der Waals surface area (Å²) in [6.07, 6.45) is 0. The number of ether oxygens (including phenoxy) is 1. The van der Waals surface area contributed by atoms with Crippen molar-refractivity contribution in [3.8, 4) is 5.75 Å². The molecule has 0 spiro atoms. The SMILES string of the molecule is COc1ccccc1C(=O)N1CCN(Cc2ccccc2F)CC1.O=C(O)C(=O)O. The zero-order valence-electron chi connectivity index (χ0n) is 16.5. The highest BCUT2D eigenvalue weighted by molar-refractivity contribution is 6.27. The van der Waals surface area contributed by atoms with Gasteiger partial charge in [0.05, 0.1) is 12.7 Å². The predicted molar refractivity (Wildman–Crippen MR) is 106 cm³/mol. The number of piperazine rings is 1. The Labute approximate surface area is 173 Å². The second-order valence-corrected chi connectivity index (χ2v) is 6.47. The number of carbonyl (C=O) groups excluding carboxylic acids is 1. The normalized spacial score (nSPS) is 13.7. The van der Waals surface area contributed by atoms with Crippen molar-refractivity contribution in [3.63, 3.8) is 0 Å². The van der Waals surface area contributed by atoms with E-state index in [1.807, 2.05) is 29.2 Å². The maximum Gasteiger partial charge on any atom is 0.414 e. The van der Waals surface area contributed by atoms with E-state index in [2.05, 4.69) is 4.90 Å². The van der Waals surface area contributed by atoms with Gasteiger partial charge in [-0.15, -0.1) is 0 Å². The summed E-state index contributed by atoms with van der Waals surface area (Å²) in [6, 6.07) is 14.1. The Hall–Kier alpha value is -3.46. The fraction of sp³-hybridized carbons (Fsp3) is 0.286. The molecule has 1 saturated heterocycles. The Morgan fingerprint density at radius 3 is 2.07 bits per heavy atom. The van der Waals surface area contributed by atoms with E-state index < -0.39 is 11.9 Å². The van der Waals surface area contributed by atoms with Crippen molar-refractivity contribution in [2.75, 3.05) is 33.3 Å². The molecule has 3 rings (SSSR count). The molecule has 2 aromatic rings. The maximum atomic E-state index is 13.7. The second kappa shape index (κ2) is 10.9. The van der Waals surface area contributed by atoms with Gasteiger partial charge in [-0.05, 0) is 18.2 Å². The minimum absolute atomic E-state index is 0.0157. The van der Waals surface area contributed by atoms with Crippen molar-refractivity contribution >= 4 is 17.8 Å². The first-order valence-electron chi connectivity index (χ1n) is 9.17. The number of rotatable bonds is 4. The molecule has 0 saturated carbocycles. The summed E-state index contributed by atoms with van der Waals surface area (Å²) < 4.78 is 19.0. The zero-order chi connectivity index (χ0) is 22.1. The summed E-state index contributed by atoms with van der Waals surface area (Å²) in [7, 11) is 1.57. The first-order valence-corrected chi connectivity index (χ1v) is 9.17. The molecule has 0 bridgehead atoms. The molecule has 1 aliphatic rings. The van der Waals surface area contributed by atoms with Crippen LogP contribution < -0.4 is 4.74 Å². The molecule has 1 fully saturated rings. The van der Waals surface area contributed by atoms with Gasteiger partial charge in [0.25, 0.3) is 5.91 Å². The van der Waals surface area contributed by atoms with Crippen molar-refractivity contribution in [2.24, 2.45) is 0 Å². The van der Waals surface area contributed by atoms with E-state index in [9.17, 15) is 9.18 Å². The van der Waals surface area contributed by atoms with Gasteiger partial charge in [0.15, 0.2) is 0 Å². The number of carboxylic acids is 2. The third kappa shape index (κ3) is 6.28. The zero-order valence-corrected chi connectivity index (χ0v) is 16.5. The lowest BCUT2D eigenvalue weighted by molar-refractivity contribution is -0.159. The van der Waals surface area contributed by atoms with Gasteiger partial charge in [-0.3, -0.25) is 9.69 Å². The summed E-state index contributed by atoms with van der Waals surface area (Å²) in [5, 5.41) is 14.8. The van der Waals surface area contributed by atoms with E-state index in [0.29, 0.717) is 36.5 Å². The number of hydrogen-bond donors (Lipinski definition) is 2. The van der Waals surface area contributed by atoms with E-state index in [1.54, 1.807) is 25.3 Å². The fourth-order valence-corrected chi connectivity index (χ4v) is 2.97. The Bertz CT molecular complexity index is 885. The van der Waals surface area contributed by atoms with Crippen LogP contribution in [0.25, 0.3) is 0 Å². The molecular weight excluding hydrogens is 395 g/mol. The molecule has 1 aliphatic heterocycles. The smallest absolute Gasteiger partial charge is 0.414 e. The van der Waals surface area contributed by atoms with Crippen LogP contribution in [0.4, 0.5) is 4.39 Å². The van der Waals surface area contributed by atoms with E-state index in [1.165, 1.54) is 6.07 Å². The Balaban J connectivity index is 0.000000469. The lowest BCUT2D eigenvalue weighted by atomic mass is 10.1. The van der Waals surface area contributed by atoms with E-state index in [4.69, 9.17) is 24.5 Å². The monoisotopic (exact) mass is 418 g/mol. The maximum absolute atomic E-state index is 13.7. The van der Waals surface area contributed by atoms with Crippen LogP contribution in [0.15, 0.2) is 48.5 Å². The van der Waals surface area contributed by atoms with E-state index >= 15 is 0 Å².